The fourth-order valence-corrected chi connectivity index (χ4v) is 10.4. The van der Waals surface area contributed by atoms with Crippen molar-refractivity contribution in [1.29, 1.82) is 0 Å². The van der Waals surface area contributed by atoms with Crippen LogP contribution in [-0.4, -0.2) is 43.1 Å². The third kappa shape index (κ3) is 10.2. The van der Waals surface area contributed by atoms with E-state index in [2.05, 4.69) is 6.58 Å². The molecule has 0 heterocycles. The quantitative estimate of drug-likeness (QED) is 0.553. The van der Waals surface area contributed by atoms with E-state index < -0.39 is 25.4 Å². The molecule has 0 spiro atoms. The SMILES string of the molecule is C=C(C)COC[Si](O)(O[Si](C)(C)C)O[Si](C)(C)C. The van der Waals surface area contributed by atoms with E-state index in [0.29, 0.717) is 6.61 Å². The second-order valence-electron chi connectivity index (χ2n) is 6.59. The molecule has 1 N–H and O–H groups in total. The lowest BCUT2D eigenvalue weighted by molar-refractivity contribution is 0.129. The molecule has 0 unspecified atom stereocenters. The minimum Gasteiger partial charge on any atom is -0.415 e. The van der Waals surface area contributed by atoms with Crippen LogP contribution in [0, 0.1) is 0 Å². The summed E-state index contributed by atoms with van der Waals surface area (Å²) < 4.78 is 17.2. The molecule has 0 bridgehead atoms. The Bertz CT molecular complexity index is 265. The normalized spacial score (nSPS) is 13.8. The molecule has 0 atom stereocenters. The van der Waals surface area contributed by atoms with Crippen molar-refractivity contribution in [3.8, 4) is 0 Å². The van der Waals surface area contributed by atoms with E-state index in [1.165, 1.54) is 0 Å². The third-order valence-corrected chi connectivity index (χ3v) is 9.58. The molecule has 0 radical (unpaired) electrons. The van der Waals surface area contributed by atoms with Crippen LogP contribution in [0.3, 0.4) is 0 Å². The van der Waals surface area contributed by atoms with Crippen molar-refractivity contribution in [3.05, 3.63) is 12.2 Å². The van der Waals surface area contributed by atoms with Gasteiger partial charge in [0.25, 0.3) is 0 Å². The van der Waals surface area contributed by atoms with Gasteiger partial charge in [0.1, 0.15) is 6.23 Å². The highest BCUT2D eigenvalue weighted by Crippen LogP contribution is 2.18. The third-order valence-electron chi connectivity index (χ3n) is 1.56. The Hall–Kier alpha value is 0.231. The van der Waals surface area contributed by atoms with Crippen LogP contribution in [0.4, 0.5) is 0 Å². The maximum absolute atomic E-state index is 10.6. The molecule has 0 rings (SSSR count). The van der Waals surface area contributed by atoms with Crippen LogP contribution < -0.4 is 0 Å². The summed E-state index contributed by atoms with van der Waals surface area (Å²) in [6.07, 6.45) is 0.147. The minimum absolute atomic E-state index is 0.147. The molecule has 0 aromatic heterocycles. The van der Waals surface area contributed by atoms with Crippen LogP contribution in [-0.2, 0) is 13.0 Å². The molecule has 7 heteroatoms. The zero-order chi connectivity index (χ0) is 14.6. The number of hydrogen-bond donors (Lipinski definition) is 1. The van der Waals surface area contributed by atoms with Crippen LogP contribution in [0.15, 0.2) is 12.2 Å². The van der Waals surface area contributed by atoms with E-state index in [1.807, 2.05) is 46.2 Å². The predicted octanol–water partition coefficient (Wildman–Crippen LogP) is 2.75. The summed E-state index contributed by atoms with van der Waals surface area (Å²) >= 11 is 0. The van der Waals surface area contributed by atoms with Crippen LogP contribution >= 0.6 is 0 Å². The van der Waals surface area contributed by atoms with Gasteiger partial charge in [0, 0.05) is 0 Å². The van der Waals surface area contributed by atoms with Gasteiger partial charge in [0.2, 0.25) is 0 Å². The molecule has 0 fully saturated rings. The summed E-state index contributed by atoms with van der Waals surface area (Å²) in [6.45, 7) is 18.3. The topological polar surface area (TPSA) is 47.9 Å². The number of ether oxygens (including phenoxy) is 1. The highest BCUT2D eigenvalue weighted by Gasteiger charge is 2.45. The second-order valence-corrected chi connectivity index (χ2v) is 18.4. The average molecular weight is 309 g/mol. The first-order valence-corrected chi connectivity index (χ1v) is 15.0. The first kappa shape index (κ1) is 18.2. The van der Waals surface area contributed by atoms with E-state index in [4.69, 9.17) is 13.0 Å². The van der Waals surface area contributed by atoms with E-state index >= 15 is 0 Å². The van der Waals surface area contributed by atoms with Gasteiger partial charge in [-0.05, 0) is 46.2 Å². The molecule has 0 aliphatic carbocycles. The van der Waals surface area contributed by atoms with E-state index in [-0.39, 0.29) is 6.23 Å². The van der Waals surface area contributed by atoms with Crippen LogP contribution in [0.2, 0.25) is 39.3 Å². The Balaban J connectivity index is 4.64. The fraction of sp³-hybridized carbons (Fsp3) is 0.818. The van der Waals surface area contributed by atoms with Gasteiger partial charge in [-0.25, -0.2) is 0 Å². The van der Waals surface area contributed by atoms with Gasteiger partial charge in [-0.1, -0.05) is 12.2 Å². The minimum atomic E-state index is -3.23. The summed E-state index contributed by atoms with van der Waals surface area (Å²) in [5, 5.41) is 0. The van der Waals surface area contributed by atoms with Crippen molar-refractivity contribution in [3.63, 3.8) is 0 Å². The Morgan fingerprint density at radius 1 is 1.00 bits per heavy atom. The summed E-state index contributed by atoms with van der Waals surface area (Å²) in [5.41, 5.74) is 0.923. The van der Waals surface area contributed by atoms with Crippen LogP contribution in [0.1, 0.15) is 6.92 Å². The summed E-state index contributed by atoms with van der Waals surface area (Å²) in [7, 11) is -6.95. The van der Waals surface area contributed by atoms with Gasteiger partial charge in [0.05, 0.1) is 6.61 Å². The second kappa shape index (κ2) is 6.60. The van der Waals surface area contributed by atoms with Gasteiger partial charge < -0.3 is 17.8 Å². The highest BCUT2D eigenvalue weighted by atomic mass is 28.5. The van der Waals surface area contributed by atoms with Gasteiger partial charge >= 0.3 is 8.80 Å². The lowest BCUT2D eigenvalue weighted by Crippen LogP contribution is -2.58. The average Bonchev–Trinajstić information content (AvgIpc) is 1.93. The lowest BCUT2D eigenvalue weighted by atomic mass is 10.4. The zero-order valence-corrected chi connectivity index (χ0v) is 15.8. The molecule has 0 saturated heterocycles. The molecule has 4 nitrogen and oxygen atoms in total. The smallest absolute Gasteiger partial charge is 0.415 e. The molecular weight excluding hydrogens is 280 g/mol. The predicted molar refractivity (Wildman–Crippen MR) is 82.5 cm³/mol. The lowest BCUT2D eigenvalue weighted by Gasteiger charge is -2.35. The van der Waals surface area contributed by atoms with E-state index in [0.717, 1.165) is 5.57 Å². The Labute approximate surface area is 115 Å². The van der Waals surface area contributed by atoms with E-state index in [9.17, 15) is 4.80 Å². The maximum atomic E-state index is 10.6. The standard InChI is InChI=1S/C11H28O4Si3/c1-11(2)9-13-10-18(12,14-16(3,4)5)15-17(6,7)8/h12H,1,9-10H2,2-8H3. The van der Waals surface area contributed by atoms with Crippen LogP contribution in [0.25, 0.3) is 0 Å². The monoisotopic (exact) mass is 308 g/mol. The van der Waals surface area contributed by atoms with Crippen molar-refractivity contribution in [1.82, 2.24) is 0 Å². The molecule has 0 aromatic rings. The van der Waals surface area contributed by atoms with Gasteiger partial charge in [-0.15, -0.1) is 0 Å². The Morgan fingerprint density at radius 2 is 1.39 bits per heavy atom. The fourth-order valence-electron chi connectivity index (χ4n) is 1.39. The first-order chi connectivity index (χ1) is 7.83. The van der Waals surface area contributed by atoms with Gasteiger partial charge in [-0.3, -0.25) is 0 Å². The number of hydrogen-bond acceptors (Lipinski definition) is 4. The van der Waals surface area contributed by atoms with Gasteiger partial charge in [0.15, 0.2) is 16.6 Å². The maximum Gasteiger partial charge on any atom is 0.504 e. The van der Waals surface area contributed by atoms with Crippen LogP contribution in [0.5, 0.6) is 0 Å². The molecule has 0 aliphatic heterocycles. The highest BCUT2D eigenvalue weighted by molar-refractivity contribution is 6.85. The van der Waals surface area contributed by atoms with E-state index in [1.54, 1.807) is 0 Å². The molecular formula is C11H28O4Si3. The summed E-state index contributed by atoms with van der Waals surface area (Å²) in [4.78, 5) is 10.6. The Morgan fingerprint density at radius 3 is 1.67 bits per heavy atom. The molecule has 0 aliphatic rings. The molecule has 0 aromatic carbocycles. The largest absolute Gasteiger partial charge is 0.504 e. The molecule has 108 valence electrons. The van der Waals surface area contributed by atoms with Crippen molar-refractivity contribution in [2.75, 3.05) is 12.8 Å². The first-order valence-electron chi connectivity index (χ1n) is 6.18. The van der Waals surface area contributed by atoms with Gasteiger partial charge in [-0.2, -0.15) is 0 Å². The number of rotatable bonds is 8. The molecule has 18 heavy (non-hydrogen) atoms. The van der Waals surface area contributed by atoms with Crippen molar-refractivity contribution < 1.29 is 17.8 Å². The summed E-state index contributed by atoms with van der Waals surface area (Å²) in [5.74, 6) is 0. The summed E-state index contributed by atoms with van der Waals surface area (Å²) in [6, 6.07) is 0. The molecule has 0 amide bonds. The van der Waals surface area contributed by atoms with Crippen molar-refractivity contribution in [2.45, 2.75) is 46.2 Å². The molecule has 0 saturated carbocycles. The Kier molecular flexibility index (Phi) is 6.68. The van der Waals surface area contributed by atoms with Crippen molar-refractivity contribution >= 4 is 25.4 Å². The van der Waals surface area contributed by atoms with Crippen molar-refractivity contribution in [2.24, 2.45) is 0 Å². The zero-order valence-electron chi connectivity index (χ0n) is 12.8.